The third-order valence-electron chi connectivity index (χ3n) is 4.51. The van der Waals surface area contributed by atoms with E-state index in [-0.39, 0.29) is 25.8 Å². The molecule has 14 nitrogen and oxygen atoms in total. The Hall–Kier alpha value is -3.94. The van der Waals surface area contributed by atoms with Crippen molar-refractivity contribution >= 4 is 23.8 Å². The molecule has 0 saturated heterocycles. The fraction of sp³-hybridized carbons (Fsp3) is 0.444. The molecule has 0 aliphatic rings. The van der Waals surface area contributed by atoms with Gasteiger partial charge in [0, 0.05) is 31.8 Å². The standard InChI is InChI=1S/C18H27N9O5/c19-12(2-1-3-23-18(20)32)15(28)26-13(4-10-6-21-8-24-10)16(29)27-14(17(30)31)5-11-7-22-9-25-11/h6-9,12-14H,1-5,19H2,(H,21,24)(H,22,25)(H,26,28)(H,27,29)(H,30,31)(H3,20,23,32)/t12-,13-,14-/m0/s1. The van der Waals surface area contributed by atoms with Crippen molar-refractivity contribution in [1.29, 1.82) is 0 Å². The van der Waals surface area contributed by atoms with Crippen molar-refractivity contribution in [3.63, 3.8) is 0 Å². The summed E-state index contributed by atoms with van der Waals surface area (Å²) in [6, 6.07) is -3.99. The molecule has 0 radical (unpaired) electrons. The average molecular weight is 449 g/mol. The Balaban J connectivity index is 2.01. The molecule has 4 amide bonds. The number of urea groups is 1. The van der Waals surface area contributed by atoms with E-state index in [1.54, 1.807) is 6.20 Å². The van der Waals surface area contributed by atoms with Crippen LogP contribution in [0, 0.1) is 0 Å². The van der Waals surface area contributed by atoms with Crippen LogP contribution >= 0.6 is 0 Å². The first-order valence-electron chi connectivity index (χ1n) is 9.84. The average Bonchev–Trinajstić information content (AvgIpc) is 3.43. The minimum Gasteiger partial charge on any atom is -0.480 e. The number of H-pyrrole nitrogens is 2. The number of aromatic amines is 2. The number of carbonyl (C=O) groups is 4. The zero-order valence-electron chi connectivity index (χ0n) is 17.2. The number of rotatable bonds is 13. The minimum atomic E-state index is -1.25. The van der Waals surface area contributed by atoms with Gasteiger partial charge in [0.1, 0.15) is 12.1 Å². The van der Waals surface area contributed by atoms with E-state index in [4.69, 9.17) is 11.5 Å². The molecule has 0 spiro atoms. The Bertz CT molecular complexity index is 885. The molecule has 2 rings (SSSR count). The summed E-state index contributed by atoms with van der Waals surface area (Å²) in [6.45, 7) is 0.251. The maximum atomic E-state index is 12.8. The second-order valence-electron chi connectivity index (χ2n) is 7.03. The molecule has 0 aliphatic carbocycles. The molecule has 0 unspecified atom stereocenters. The van der Waals surface area contributed by atoms with Crippen LogP contribution in [0.25, 0.3) is 0 Å². The van der Waals surface area contributed by atoms with E-state index in [0.717, 1.165) is 0 Å². The van der Waals surface area contributed by atoms with Gasteiger partial charge in [0.15, 0.2) is 0 Å². The maximum absolute atomic E-state index is 12.8. The van der Waals surface area contributed by atoms with Gasteiger partial charge in [-0.2, -0.15) is 0 Å². The Labute approximate surface area is 182 Å². The first-order chi connectivity index (χ1) is 15.3. The Kier molecular flexibility index (Phi) is 9.16. The van der Waals surface area contributed by atoms with Crippen LogP contribution in [-0.4, -0.2) is 73.5 Å². The SMILES string of the molecule is NC(=O)NCCC[C@H](N)C(=O)N[C@@H](Cc1c[nH]cn1)C(=O)N[C@@H](Cc1c[nH]cn1)C(=O)O. The molecule has 2 aromatic heterocycles. The van der Waals surface area contributed by atoms with Crippen molar-refractivity contribution in [2.45, 2.75) is 43.8 Å². The number of carboxylic acids is 1. The quantitative estimate of drug-likeness (QED) is 0.155. The smallest absolute Gasteiger partial charge is 0.326 e. The van der Waals surface area contributed by atoms with E-state index in [2.05, 4.69) is 35.9 Å². The predicted molar refractivity (Wildman–Crippen MR) is 111 cm³/mol. The number of nitrogens with two attached hydrogens (primary N) is 2. The third-order valence-corrected chi connectivity index (χ3v) is 4.51. The highest BCUT2D eigenvalue weighted by molar-refractivity contribution is 5.92. The number of amides is 4. The summed E-state index contributed by atoms with van der Waals surface area (Å²) in [5, 5.41) is 16.8. The fourth-order valence-corrected chi connectivity index (χ4v) is 2.85. The first-order valence-corrected chi connectivity index (χ1v) is 9.84. The summed E-state index contributed by atoms with van der Waals surface area (Å²) in [4.78, 5) is 61.1. The largest absolute Gasteiger partial charge is 0.480 e. The van der Waals surface area contributed by atoms with Gasteiger partial charge < -0.3 is 42.5 Å². The molecule has 0 aliphatic heterocycles. The molecule has 32 heavy (non-hydrogen) atoms. The number of aliphatic carboxylic acids is 1. The van der Waals surface area contributed by atoms with E-state index in [1.807, 2.05) is 0 Å². The van der Waals surface area contributed by atoms with Gasteiger partial charge in [-0.3, -0.25) is 9.59 Å². The third kappa shape index (κ3) is 8.06. The number of carboxylic acid groups (broad SMARTS) is 1. The fourth-order valence-electron chi connectivity index (χ4n) is 2.85. The zero-order valence-corrected chi connectivity index (χ0v) is 17.2. The lowest BCUT2D eigenvalue weighted by atomic mass is 10.1. The molecule has 0 bridgehead atoms. The van der Waals surface area contributed by atoms with Gasteiger partial charge in [-0.15, -0.1) is 0 Å². The molecular formula is C18H27N9O5. The molecule has 2 heterocycles. The normalized spacial score (nSPS) is 13.5. The van der Waals surface area contributed by atoms with Gasteiger partial charge in [-0.05, 0) is 12.8 Å². The molecule has 14 heteroatoms. The number of aromatic nitrogens is 4. The van der Waals surface area contributed by atoms with Gasteiger partial charge in [-0.1, -0.05) is 0 Å². The van der Waals surface area contributed by atoms with E-state index in [0.29, 0.717) is 17.8 Å². The lowest BCUT2D eigenvalue weighted by Gasteiger charge is -2.22. The van der Waals surface area contributed by atoms with Crippen LogP contribution in [0.3, 0.4) is 0 Å². The summed E-state index contributed by atoms with van der Waals surface area (Å²) in [5.74, 6) is -2.55. The van der Waals surface area contributed by atoms with Crippen LogP contribution in [0.15, 0.2) is 25.0 Å². The van der Waals surface area contributed by atoms with Gasteiger partial charge in [0.25, 0.3) is 0 Å². The lowest BCUT2D eigenvalue weighted by molar-refractivity contribution is -0.142. The summed E-state index contributed by atoms with van der Waals surface area (Å²) in [5.41, 5.74) is 11.8. The minimum absolute atomic E-state index is 0.0196. The van der Waals surface area contributed by atoms with Crippen LogP contribution in [-0.2, 0) is 27.2 Å². The molecule has 0 saturated carbocycles. The Morgan fingerprint density at radius 3 is 2.03 bits per heavy atom. The molecule has 10 N–H and O–H groups in total. The second kappa shape index (κ2) is 12.0. The van der Waals surface area contributed by atoms with Crippen LogP contribution < -0.4 is 27.4 Å². The second-order valence-corrected chi connectivity index (χ2v) is 7.03. The molecule has 0 aromatic carbocycles. The van der Waals surface area contributed by atoms with Crippen LogP contribution in [0.1, 0.15) is 24.2 Å². The molecular weight excluding hydrogens is 422 g/mol. The number of hydrogen-bond donors (Lipinski definition) is 8. The first kappa shape index (κ1) is 24.3. The van der Waals surface area contributed by atoms with E-state index in [1.165, 1.54) is 18.9 Å². The van der Waals surface area contributed by atoms with Crippen molar-refractivity contribution in [2.75, 3.05) is 6.54 Å². The predicted octanol–water partition coefficient (Wildman–Crippen LogP) is -2.25. The zero-order chi connectivity index (χ0) is 23.5. The highest BCUT2D eigenvalue weighted by Gasteiger charge is 2.29. The summed E-state index contributed by atoms with van der Waals surface area (Å²) in [7, 11) is 0. The van der Waals surface area contributed by atoms with Crippen molar-refractivity contribution in [1.82, 2.24) is 35.9 Å². The van der Waals surface area contributed by atoms with Crippen molar-refractivity contribution in [2.24, 2.45) is 11.5 Å². The van der Waals surface area contributed by atoms with Gasteiger partial charge in [0.2, 0.25) is 11.8 Å². The molecule has 3 atom stereocenters. The number of carbonyl (C=O) groups excluding carboxylic acids is 3. The highest BCUT2D eigenvalue weighted by Crippen LogP contribution is 2.04. The van der Waals surface area contributed by atoms with Crippen molar-refractivity contribution < 1.29 is 24.3 Å². The number of imidazole rings is 2. The van der Waals surface area contributed by atoms with Crippen LogP contribution in [0.2, 0.25) is 0 Å². The molecule has 2 aromatic rings. The lowest BCUT2D eigenvalue weighted by Crippen LogP contribution is -2.55. The summed E-state index contributed by atoms with van der Waals surface area (Å²) < 4.78 is 0. The number of primary amides is 1. The summed E-state index contributed by atoms with van der Waals surface area (Å²) >= 11 is 0. The number of hydrogen-bond acceptors (Lipinski definition) is 7. The Morgan fingerprint density at radius 2 is 1.53 bits per heavy atom. The van der Waals surface area contributed by atoms with Crippen LogP contribution in [0.5, 0.6) is 0 Å². The van der Waals surface area contributed by atoms with E-state index in [9.17, 15) is 24.3 Å². The number of nitrogens with zero attached hydrogens (tertiary/aromatic N) is 2. The van der Waals surface area contributed by atoms with Gasteiger partial charge >= 0.3 is 12.0 Å². The van der Waals surface area contributed by atoms with Gasteiger partial charge in [0.05, 0.1) is 30.1 Å². The van der Waals surface area contributed by atoms with Crippen molar-refractivity contribution in [3.8, 4) is 0 Å². The van der Waals surface area contributed by atoms with Gasteiger partial charge in [-0.25, -0.2) is 19.6 Å². The highest BCUT2D eigenvalue weighted by atomic mass is 16.4. The van der Waals surface area contributed by atoms with Crippen molar-refractivity contribution in [3.05, 3.63) is 36.4 Å². The maximum Gasteiger partial charge on any atom is 0.326 e. The molecule has 0 fully saturated rings. The van der Waals surface area contributed by atoms with Crippen LogP contribution in [0.4, 0.5) is 4.79 Å². The monoisotopic (exact) mass is 449 g/mol. The number of nitrogens with one attached hydrogen (secondary N) is 5. The van der Waals surface area contributed by atoms with E-state index >= 15 is 0 Å². The topological polar surface area (TPSA) is 234 Å². The van der Waals surface area contributed by atoms with E-state index < -0.39 is 41.9 Å². The Morgan fingerprint density at radius 1 is 0.969 bits per heavy atom. The summed E-state index contributed by atoms with van der Waals surface area (Å²) in [6.07, 6.45) is 6.51. The molecule has 174 valence electrons.